The molecule has 27 heavy (non-hydrogen) atoms. The van der Waals surface area contributed by atoms with Crippen LogP contribution in [-0.2, 0) is 6.42 Å². The highest BCUT2D eigenvalue weighted by Gasteiger charge is 2.30. The molecule has 1 aliphatic carbocycles. The van der Waals surface area contributed by atoms with Gasteiger partial charge in [0.25, 0.3) is 0 Å². The summed E-state index contributed by atoms with van der Waals surface area (Å²) < 4.78 is 0. The largest absolute Gasteiger partial charge is 0.365 e. The van der Waals surface area contributed by atoms with Crippen LogP contribution in [0, 0.1) is 23.2 Å². The van der Waals surface area contributed by atoms with Gasteiger partial charge < -0.3 is 4.98 Å². The smallest absolute Gasteiger partial charge is 0.0998 e. The minimum absolute atomic E-state index is 0.413. The van der Waals surface area contributed by atoms with Crippen molar-refractivity contribution in [1.82, 2.24) is 9.97 Å². The summed E-state index contributed by atoms with van der Waals surface area (Å²) in [5.74, 6) is 1.67. The number of aromatic amines is 1. The van der Waals surface area contributed by atoms with E-state index < -0.39 is 0 Å². The number of H-pyrrole nitrogens is 1. The van der Waals surface area contributed by atoms with Crippen LogP contribution in [-0.4, -0.2) is 9.97 Å². The zero-order valence-electron chi connectivity index (χ0n) is 15.7. The minimum atomic E-state index is 0.413. The molecule has 0 spiro atoms. The van der Waals surface area contributed by atoms with Crippen LogP contribution in [0.1, 0.15) is 42.3 Å². The molecule has 2 aromatic heterocycles. The van der Waals surface area contributed by atoms with Crippen molar-refractivity contribution in [3.05, 3.63) is 83.4 Å². The Hall–Kier alpha value is -3.12. The third-order valence-electron chi connectivity index (χ3n) is 5.84. The first kappa shape index (κ1) is 17.3. The molecule has 2 heterocycles. The molecule has 4 rings (SSSR count). The molecule has 0 fully saturated rings. The quantitative estimate of drug-likeness (QED) is 0.669. The molecular formula is C24H23N3. The Morgan fingerprint density at radius 2 is 2.00 bits per heavy atom. The van der Waals surface area contributed by atoms with E-state index in [0.29, 0.717) is 23.3 Å². The van der Waals surface area contributed by atoms with E-state index in [2.05, 4.69) is 54.3 Å². The van der Waals surface area contributed by atoms with Gasteiger partial charge in [-0.05, 0) is 48.1 Å². The zero-order valence-corrected chi connectivity index (χ0v) is 15.7. The van der Waals surface area contributed by atoms with Crippen molar-refractivity contribution in [2.45, 2.75) is 26.2 Å². The second-order valence-electron chi connectivity index (χ2n) is 7.47. The van der Waals surface area contributed by atoms with E-state index in [1.54, 1.807) is 0 Å². The van der Waals surface area contributed by atoms with Gasteiger partial charge in [0, 0.05) is 35.1 Å². The molecule has 3 nitrogen and oxygen atoms in total. The van der Waals surface area contributed by atoms with Crippen LogP contribution >= 0.6 is 0 Å². The lowest BCUT2D eigenvalue weighted by Crippen LogP contribution is -2.24. The Labute approximate surface area is 160 Å². The SMILES string of the molecule is CC1Cc2[nH]ccc2C(/C=C/c2ccc(-c3ccccc3C#N)cn2)C1C. The number of pyridine rings is 1. The van der Waals surface area contributed by atoms with Crippen molar-refractivity contribution in [3.63, 3.8) is 0 Å². The molecule has 0 bridgehead atoms. The lowest BCUT2D eigenvalue weighted by atomic mass is 9.72. The molecule has 3 unspecified atom stereocenters. The Morgan fingerprint density at radius 3 is 2.78 bits per heavy atom. The Kier molecular flexibility index (Phi) is 4.64. The molecule has 0 amide bonds. The first-order chi connectivity index (χ1) is 13.2. The summed E-state index contributed by atoms with van der Waals surface area (Å²) in [7, 11) is 0. The molecule has 0 saturated carbocycles. The fraction of sp³-hybridized carbons (Fsp3) is 0.250. The first-order valence-electron chi connectivity index (χ1n) is 9.47. The fourth-order valence-electron chi connectivity index (χ4n) is 4.03. The van der Waals surface area contributed by atoms with Gasteiger partial charge in [0.1, 0.15) is 0 Å². The first-order valence-corrected chi connectivity index (χ1v) is 9.47. The number of nitrogens with zero attached hydrogens (tertiary/aromatic N) is 2. The van der Waals surface area contributed by atoms with Crippen LogP contribution in [0.25, 0.3) is 17.2 Å². The average molecular weight is 353 g/mol. The zero-order chi connectivity index (χ0) is 18.8. The van der Waals surface area contributed by atoms with Gasteiger partial charge in [-0.3, -0.25) is 4.98 Å². The van der Waals surface area contributed by atoms with Gasteiger partial charge in [0.2, 0.25) is 0 Å². The molecule has 1 N–H and O–H groups in total. The standard InChI is InChI=1S/C24H23N3/c1-16-13-24-23(11-12-26-24)21(17(16)2)10-9-20-8-7-19(15-27-20)22-6-4-3-5-18(22)14-25/h3-12,15-17,21,26H,13H2,1-2H3/b10-9+. The number of rotatable bonds is 3. The number of allylic oxidation sites excluding steroid dienone is 1. The fourth-order valence-corrected chi connectivity index (χ4v) is 4.03. The maximum atomic E-state index is 9.29. The van der Waals surface area contributed by atoms with Gasteiger partial charge in [0.15, 0.2) is 0 Å². The molecule has 1 aliphatic rings. The van der Waals surface area contributed by atoms with Crippen LogP contribution in [0.2, 0.25) is 0 Å². The van der Waals surface area contributed by atoms with Gasteiger partial charge in [-0.25, -0.2) is 0 Å². The van der Waals surface area contributed by atoms with E-state index in [1.807, 2.05) is 42.6 Å². The summed E-state index contributed by atoms with van der Waals surface area (Å²) in [6, 6.07) is 16.2. The van der Waals surface area contributed by atoms with Crippen LogP contribution in [0.4, 0.5) is 0 Å². The lowest BCUT2D eigenvalue weighted by molar-refractivity contribution is 0.330. The van der Waals surface area contributed by atoms with Crippen molar-refractivity contribution >= 4 is 6.08 Å². The summed E-state index contributed by atoms with van der Waals surface area (Å²) in [6.07, 6.45) is 9.44. The second kappa shape index (κ2) is 7.25. The maximum Gasteiger partial charge on any atom is 0.0998 e. The van der Waals surface area contributed by atoms with Crippen molar-refractivity contribution < 1.29 is 0 Å². The van der Waals surface area contributed by atoms with E-state index in [9.17, 15) is 5.26 Å². The normalized spacial score (nSPS) is 21.7. The molecular weight excluding hydrogens is 330 g/mol. The lowest BCUT2D eigenvalue weighted by Gasteiger charge is -2.32. The van der Waals surface area contributed by atoms with E-state index in [-0.39, 0.29) is 0 Å². The third-order valence-corrected chi connectivity index (χ3v) is 5.84. The van der Waals surface area contributed by atoms with Gasteiger partial charge in [-0.1, -0.05) is 44.2 Å². The Bertz CT molecular complexity index is 1000. The van der Waals surface area contributed by atoms with E-state index in [4.69, 9.17) is 0 Å². The van der Waals surface area contributed by atoms with Gasteiger partial charge >= 0.3 is 0 Å². The van der Waals surface area contributed by atoms with Crippen molar-refractivity contribution in [2.75, 3.05) is 0 Å². The highest BCUT2D eigenvalue weighted by atomic mass is 14.7. The highest BCUT2D eigenvalue weighted by molar-refractivity contribution is 5.70. The Morgan fingerprint density at radius 1 is 1.15 bits per heavy atom. The predicted octanol–water partition coefficient (Wildman–Crippen LogP) is 5.57. The highest BCUT2D eigenvalue weighted by Crippen LogP contribution is 2.40. The minimum Gasteiger partial charge on any atom is -0.365 e. The van der Waals surface area contributed by atoms with Crippen molar-refractivity contribution in [1.29, 1.82) is 5.26 Å². The van der Waals surface area contributed by atoms with Crippen LogP contribution in [0.15, 0.2) is 60.9 Å². The summed E-state index contributed by atoms with van der Waals surface area (Å²) in [5, 5.41) is 9.29. The monoisotopic (exact) mass is 353 g/mol. The van der Waals surface area contributed by atoms with E-state index in [1.165, 1.54) is 11.3 Å². The molecule has 0 saturated heterocycles. The topological polar surface area (TPSA) is 52.5 Å². The number of nitrogens with one attached hydrogen (secondary N) is 1. The van der Waals surface area contributed by atoms with Gasteiger partial charge in [-0.15, -0.1) is 0 Å². The van der Waals surface area contributed by atoms with E-state index in [0.717, 1.165) is 23.2 Å². The van der Waals surface area contributed by atoms with Gasteiger partial charge in [-0.2, -0.15) is 5.26 Å². The van der Waals surface area contributed by atoms with E-state index >= 15 is 0 Å². The number of benzene rings is 1. The number of fused-ring (bicyclic) bond motifs is 1. The Balaban J connectivity index is 1.58. The molecule has 0 aliphatic heterocycles. The molecule has 3 aromatic rings. The van der Waals surface area contributed by atoms with Crippen molar-refractivity contribution in [3.8, 4) is 17.2 Å². The molecule has 3 heteroatoms. The molecule has 3 atom stereocenters. The van der Waals surface area contributed by atoms with Crippen LogP contribution in [0.5, 0.6) is 0 Å². The maximum absolute atomic E-state index is 9.29. The number of aromatic nitrogens is 2. The predicted molar refractivity (Wildman–Crippen MR) is 109 cm³/mol. The number of hydrogen-bond donors (Lipinski definition) is 1. The molecule has 134 valence electrons. The number of hydrogen-bond acceptors (Lipinski definition) is 2. The van der Waals surface area contributed by atoms with Crippen molar-refractivity contribution in [2.24, 2.45) is 11.8 Å². The molecule has 1 aromatic carbocycles. The summed E-state index contributed by atoms with van der Waals surface area (Å²) >= 11 is 0. The summed E-state index contributed by atoms with van der Waals surface area (Å²) in [4.78, 5) is 8.00. The second-order valence-corrected chi connectivity index (χ2v) is 7.47. The average Bonchev–Trinajstić information content (AvgIpc) is 3.16. The summed E-state index contributed by atoms with van der Waals surface area (Å²) in [6.45, 7) is 4.67. The molecule has 0 radical (unpaired) electrons. The number of nitriles is 1. The van der Waals surface area contributed by atoms with Gasteiger partial charge in [0.05, 0.1) is 17.3 Å². The summed E-state index contributed by atoms with van der Waals surface area (Å²) in [5.41, 5.74) is 6.29. The third kappa shape index (κ3) is 3.31. The van der Waals surface area contributed by atoms with Crippen LogP contribution in [0.3, 0.4) is 0 Å². The van der Waals surface area contributed by atoms with Crippen LogP contribution < -0.4 is 0 Å².